The molecule has 0 saturated carbocycles. The molecule has 0 aromatic carbocycles. The number of fused-ring (bicyclic) bond motifs is 1. The summed E-state index contributed by atoms with van der Waals surface area (Å²) in [7, 11) is 0. The Morgan fingerprint density at radius 2 is 2.29 bits per heavy atom. The van der Waals surface area contributed by atoms with E-state index in [1.807, 2.05) is 0 Å². The molecular weight excluding hydrogens is 220 g/mol. The summed E-state index contributed by atoms with van der Waals surface area (Å²) in [6.07, 6.45) is 3.97. The first-order valence-electron chi connectivity index (χ1n) is 4.95. The molecule has 2 aromatic heterocycles. The van der Waals surface area contributed by atoms with E-state index in [1.54, 1.807) is 19.1 Å². The summed E-state index contributed by atoms with van der Waals surface area (Å²) in [5.74, 6) is 0.319. The molecule has 2 heterocycles. The molecule has 17 heavy (non-hydrogen) atoms. The van der Waals surface area contributed by atoms with Gasteiger partial charge in [0.25, 0.3) is 0 Å². The Bertz CT molecular complexity index is 677. The van der Waals surface area contributed by atoms with E-state index in [-0.39, 0.29) is 0 Å². The summed E-state index contributed by atoms with van der Waals surface area (Å²) in [4.78, 5) is 29.0. The van der Waals surface area contributed by atoms with Gasteiger partial charge in [-0.3, -0.25) is 9.79 Å². The smallest absolute Gasteiger partial charge is 0.345 e. The highest BCUT2D eigenvalue weighted by Gasteiger charge is 2.13. The Hall–Kier alpha value is -2.43. The largest absolute Gasteiger partial charge is 0.420 e. The first-order valence-corrected chi connectivity index (χ1v) is 4.95. The number of carbonyl (C=O) groups is 1. The normalized spacial score (nSPS) is 11.1. The zero-order valence-corrected chi connectivity index (χ0v) is 9.19. The summed E-state index contributed by atoms with van der Waals surface area (Å²) in [5.41, 5.74) is 0.678. The average molecular weight is 230 g/mol. The summed E-state index contributed by atoms with van der Waals surface area (Å²) in [6, 6.07) is 1.43. The summed E-state index contributed by atoms with van der Waals surface area (Å²) >= 11 is 0. The molecular formula is C12H10N2O3. The van der Waals surface area contributed by atoms with Crippen LogP contribution < -0.4 is 5.63 Å². The molecule has 0 aliphatic rings. The minimum atomic E-state index is -0.509. The lowest BCUT2D eigenvalue weighted by Crippen LogP contribution is -1.99. The van der Waals surface area contributed by atoms with Crippen molar-refractivity contribution in [3.63, 3.8) is 0 Å². The molecule has 5 nitrogen and oxygen atoms in total. The van der Waals surface area contributed by atoms with E-state index in [9.17, 15) is 9.59 Å². The molecule has 86 valence electrons. The number of carbonyl (C=O) groups excluding carboxylic acids is 1. The number of aliphatic imine (C=N–C) groups is 1. The second-order valence-electron chi connectivity index (χ2n) is 3.39. The number of rotatable bonds is 3. The molecule has 0 fully saturated rings. The van der Waals surface area contributed by atoms with E-state index in [0.29, 0.717) is 34.3 Å². The van der Waals surface area contributed by atoms with Gasteiger partial charge in [-0.05, 0) is 25.8 Å². The zero-order chi connectivity index (χ0) is 12.4. The Morgan fingerprint density at radius 3 is 2.88 bits per heavy atom. The number of hydrogen-bond acceptors (Lipinski definition) is 4. The van der Waals surface area contributed by atoms with Crippen molar-refractivity contribution in [2.45, 2.75) is 6.92 Å². The van der Waals surface area contributed by atoms with Crippen LogP contribution in [0, 0.1) is 0 Å². The van der Waals surface area contributed by atoms with Crippen LogP contribution in [-0.2, 0) is 0 Å². The van der Waals surface area contributed by atoms with E-state index >= 15 is 0 Å². The molecule has 2 aromatic rings. The predicted molar refractivity (Wildman–Crippen MR) is 66.1 cm³/mol. The Labute approximate surface area is 96.5 Å². The molecule has 0 unspecified atom stereocenters. The lowest BCUT2D eigenvalue weighted by atomic mass is 10.2. The lowest BCUT2D eigenvalue weighted by Gasteiger charge is -1.99. The number of aromatic amines is 1. The van der Waals surface area contributed by atoms with Gasteiger partial charge < -0.3 is 9.40 Å². The van der Waals surface area contributed by atoms with Crippen LogP contribution in [0.2, 0.25) is 0 Å². The first-order chi connectivity index (χ1) is 8.21. The highest BCUT2D eigenvalue weighted by atomic mass is 16.4. The van der Waals surface area contributed by atoms with Crippen molar-refractivity contribution in [3.05, 3.63) is 34.0 Å². The number of aldehydes is 1. The third-order valence-corrected chi connectivity index (χ3v) is 2.33. The van der Waals surface area contributed by atoms with Crippen molar-refractivity contribution in [3.8, 4) is 0 Å². The molecule has 0 spiro atoms. The van der Waals surface area contributed by atoms with Crippen molar-refractivity contribution in [1.29, 1.82) is 0 Å². The number of hydrogen-bond donors (Lipinski definition) is 1. The first kappa shape index (κ1) is 11.1. The molecule has 5 heteroatoms. The fourth-order valence-electron chi connectivity index (χ4n) is 1.63. The second-order valence-corrected chi connectivity index (χ2v) is 3.39. The van der Waals surface area contributed by atoms with Crippen LogP contribution in [0.5, 0.6) is 0 Å². The van der Waals surface area contributed by atoms with Gasteiger partial charge in [0, 0.05) is 0 Å². The van der Waals surface area contributed by atoms with Gasteiger partial charge in [0.05, 0.1) is 16.6 Å². The maximum Gasteiger partial charge on any atom is 0.345 e. The van der Waals surface area contributed by atoms with Crippen molar-refractivity contribution >= 4 is 35.7 Å². The van der Waals surface area contributed by atoms with Crippen LogP contribution >= 0.6 is 0 Å². The highest BCUT2D eigenvalue weighted by molar-refractivity contribution is 5.95. The molecule has 0 saturated heterocycles. The standard InChI is InChI=1S/C12H10N2O3/c1-3-4-9-11(13-2)10-8(12(16)17-9)5-7(6-15)14-10/h3-6,14H,2H2,1H3/b4-3-. The molecule has 0 amide bonds. The Kier molecular flexibility index (Phi) is 2.74. The Balaban J connectivity index is 2.93. The fraction of sp³-hybridized carbons (Fsp3) is 0.0833. The summed E-state index contributed by atoms with van der Waals surface area (Å²) in [5, 5.41) is 0.294. The highest BCUT2D eigenvalue weighted by Crippen LogP contribution is 2.28. The minimum absolute atomic E-state index is 0.294. The molecule has 2 rings (SSSR count). The van der Waals surface area contributed by atoms with E-state index in [1.165, 1.54) is 6.07 Å². The summed E-state index contributed by atoms with van der Waals surface area (Å²) < 4.78 is 5.10. The zero-order valence-electron chi connectivity index (χ0n) is 9.19. The van der Waals surface area contributed by atoms with Gasteiger partial charge in [-0.1, -0.05) is 6.08 Å². The van der Waals surface area contributed by atoms with Gasteiger partial charge in [-0.15, -0.1) is 0 Å². The second kappa shape index (κ2) is 4.21. The van der Waals surface area contributed by atoms with Crippen LogP contribution in [0.1, 0.15) is 23.2 Å². The van der Waals surface area contributed by atoms with Gasteiger partial charge in [0.15, 0.2) is 12.0 Å². The third-order valence-electron chi connectivity index (χ3n) is 2.33. The van der Waals surface area contributed by atoms with Crippen LogP contribution in [-0.4, -0.2) is 18.0 Å². The van der Waals surface area contributed by atoms with Crippen molar-refractivity contribution < 1.29 is 9.21 Å². The fourth-order valence-corrected chi connectivity index (χ4v) is 1.63. The lowest BCUT2D eigenvalue weighted by molar-refractivity contribution is 0.112. The molecule has 0 bridgehead atoms. The topological polar surface area (TPSA) is 75.4 Å². The predicted octanol–water partition coefficient (Wildman–Crippen LogP) is 2.30. The van der Waals surface area contributed by atoms with E-state index < -0.39 is 5.63 Å². The molecule has 0 aliphatic carbocycles. The van der Waals surface area contributed by atoms with Crippen molar-refractivity contribution in [2.24, 2.45) is 4.99 Å². The average Bonchev–Trinajstić information content (AvgIpc) is 2.74. The molecule has 1 N–H and O–H groups in total. The monoisotopic (exact) mass is 230 g/mol. The molecule has 0 atom stereocenters. The molecule has 0 radical (unpaired) electrons. The summed E-state index contributed by atoms with van der Waals surface area (Å²) in [6.45, 7) is 5.23. The van der Waals surface area contributed by atoms with Gasteiger partial charge in [-0.2, -0.15) is 0 Å². The van der Waals surface area contributed by atoms with Crippen LogP contribution in [0.25, 0.3) is 17.0 Å². The molecule has 0 aliphatic heterocycles. The van der Waals surface area contributed by atoms with Crippen LogP contribution in [0.4, 0.5) is 5.69 Å². The van der Waals surface area contributed by atoms with Crippen LogP contribution in [0.15, 0.2) is 26.3 Å². The minimum Gasteiger partial charge on any atom is -0.420 e. The van der Waals surface area contributed by atoms with Crippen molar-refractivity contribution in [2.75, 3.05) is 0 Å². The number of H-pyrrole nitrogens is 1. The van der Waals surface area contributed by atoms with Gasteiger partial charge in [-0.25, -0.2) is 4.79 Å². The maximum absolute atomic E-state index is 11.7. The number of nitrogens with one attached hydrogen (secondary N) is 1. The maximum atomic E-state index is 11.7. The van der Waals surface area contributed by atoms with Gasteiger partial charge in [0.2, 0.25) is 0 Å². The van der Waals surface area contributed by atoms with Gasteiger partial charge >= 0.3 is 5.63 Å². The van der Waals surface area contributed by atoms with E-state index in [0.717, 1.165) is 0 Å². The third kappa shape index (κ3) is 1.71. The number of nitrogens with zero attached hydrogens (tertiary/aromatic N) is 1. The number of aromatic nitrogens is 1. The van der Waals surface area contributed by atoms with Crippen LogP contribution in [0.3, 0.4) is 0 Å². The SMILES string of the molecule is C=Nc1c(/C=C\C)oc(=O)c2cc(C=O)[nH]c12. The van der Waals surface area contributed by atoms with E-state index in [4.69, 9.17) is 4.42 Å². The van der Waals surface area contributed by atoms with E-state index in [2.05, 4.69) is 16.7 Å². The van der Waals surface area contributed by atoms with Crippen molar-refractivity contribution in [1.82, 2.24) is 4.98 Å². The quantitative estimate of drug-likeness (QED) is 0.649. The Morgan fingerprint density at radius 1 is 1.53 bits per heavy atom. The van der Waals surface area contributed by atoms with Gasteiger partial charge in [0.1, 0.15) is 5.69 Å². The number of allylic oxidation sites excluding steroid dienone is 1.